The Morgan fingerprint density at radius 3 is 2.32 bits per heavy atom. The number of rotatable bonds is 6. The molecule has 1 N–H and O–H groups in total. The number of anilines is 1. The molecule has 0 radical (unpaired) electrons. The van der Waals surface area contributed by atoms with E-state index < -0.39 is 0 Å². The largest absolute Gasteiger partial charge is 0.352 e. The first-order valence-corrected chi connectivity index (χ1v) is 8.83. The second kappa shape index (κ2) is 8.58. The van der Waals surface area contributed by atoms with Gasteiger partial charge in [0.05, 0.1) is 0 Å². The molecule has 0 spiro atoms. The van der Waals surface area contributed by atoms with Crippen molar-refractivity contribution in [1.82, 2.24) is 20.2 Å². The van der Waals surface area contributed by atoms with Crippen LogP contribution in [0.15, 0.2) is 42.7 Å². The lowest BCUT2D eigenvalue weighted by Crippen LogP contribution is -2.46. The summed E-state index contributed by atoms with van der Waals surface area (Å²) in [6.45, 7) is 7.32. The van der Waals surface area contributed by atoms with Gasteiger partial charge < -0.3 is 10.2 Å². The van der Waals surface area contributed by atoms with Crippen molar-refractivity contribution in [2.45, 2.75) is 26.4 Å². The Bertz CT molecular complexity index is 666. The predicted molar refractivity (Wildman–Crippen MR) is 98.1 cm³/mol. The van der Waals surface area contributed by atoms with Gasteiger partial charge in [-0.25, -0.2) is 9.97 Å². The van der Waals surface area contributed by atoms with E-state index in [-0.39, 0.29) is 5.91 Å². The molecule has 6 heteroatoms. The molecule has 25 heavy (non-hydrogen) atoms. The summed E-state index contributed by atoms with van der Waals surface area (Å²) in [7, 11) is 0. The zero-order chi connectivity index (χ0) is 17.5. The number of piperazine rings is 1. The van der Waals surface area contributed by atoms with Crippen LogP contribution in [0.5, 0.6) is 0 Å². The summed E-state index contributed by atoms with van der Waals surface area (Å²) < 4.78 is 0. The standard InChI is InChI=1S/C19H25N5O/c1-2-18(25)22-14-16-4-6-17(7-5-16)15-23-10-12-24(13-11-23)19-20-8-3-9-21-19/h3-9H,2,10-15H2,1H3,(H,22,25). The van der Waals surface area contributed by atoms with Crippen LogP contribution in [-0.2, 0) is 17.9 Å². The number of hydrogen-bond acceptors (Lipinski definition) is 5. The summed E-state index contributed by atoms with van der Waals surface area (Å²) in [5.74, 6) is 0.907. The maximum atomic E-state index is 11.3. The van der Waals surface area contributed by atoms with Crippen LogP contribution in [0.2, 0.25) is 0 Å². The molecule has 0 saturated carbocycles. The predicted octanol–water partition coefficient (Wildman–Crippen LogP) is 1.82. The third-order valence-corrected chi connectivity index (χ3v) is 4.45. The molecule has 6 nitrogen and oxygen atoms in total. The Labute approximate surface area is 148 Å². The van der Waals surface area contributed by atoms with Crippen molar-refractivity contribution in [3.05, 3.63) is 53.9 Å². The van der Waals surface area contributed by atoms with Crippen LogP contribution in [-0.4, -0.2) is 47.0 Å². The van der Waals surface area contributed by atoms with E-state index in [0.717, 1.165) is 44.2 Å². The fourth-order valence-electron chi connectivity index (χ4n) is 2.91. The minimum atomic E-state index is 0.0874. The Balaban J connectivity index is 1.46. The van der Waals surface area contributed by atoms with Crippen LogP contribution in [0.25, 0.3) is 0 Å². The summed E-state index contributed by atoms with van der Waals surface area (Å²) >= 11 is 0. The number of carbonyl (C=O) groups is 1. The van der Waals surface area contributed by atoms with Crippen LogP contribution in [0.4, 0.5) is 5.95 Å². The van der Waals surface area contributed by atoms with Crippen molar-refractivity contribution in [3.8, 4) is 0 Å². The van der Waals surface area contributed by atoms with E-state index in [4.69, 9.17) is 0 Å². The van der Waals surface area contributed by atoms with Crippen LogP contribution < -0.4 is 10.2 Å². The first-order chi connectivity index (χ1) is 12.2. The summed E-state index contributed by atoms with van der Waals surface area (Å²) in [6.07, 6.45) is 4.11. The molecule has 0 aliphatic carbocycles. The first kappa shape index (κ1) is 17.4. The first-order valence-electron chi connectivity index (χ1n) is 8.83. The zero-order valence-electron chi connectivity index (χ0n) is 14.7. The Kier molecular flexibility index (Phi) is 5.95. The molecule has 1 aliphatic rings. The van der Waals surface area contributed by atoms with Gasteiger partial charge in [0.15, 0.2) is 0 Å². The highest BCUT2D eigenvalue weighted by atomic mass is 16.1. The second-order valence-electron chi connectivity index (χ2n) is 6.26. The summed E-state index contributed by atoms with van der Waals surface area (Å²) in [5, 5.41) is 2.90. The van der Waals surface area contributed by atoms with E-state index in [1.165, 1.54) is 5.56 Å². The topological polar surface area (TPSA) is 61.4 Å². The van der Waals surface area contributed by atoms with Gasteiger partial charge >= 0.3 is 0 Å². The summed E-state index contributed by atoms with van der Waals surface area (Å²) in [5.41, 5.74) is 2.44. The maximum Gasteiger partial charge on any atom is 0.225 e. The van der Waals surface area contributed by atoms with Gasteiger partial charge in [-0.15, -0.1) is 0 Å². The van der Waals surface area contributed by atoms with Gasteiger partial charge in [0.2, 0.25) is 11.9 Å². The number of nitrogens with zero attached hydrogens (tertiary/aromatic N) is 4. The molecule has 1 aliphatic heterocycles. The quantitative estimate of drug-likeness (QED) is 0.870. The minimum Gasteiger partial charge on any atom is -0.352 e. The SMILES string of the molecule is CCC(=O)NCc1ccc(CN2CCN(c3ncccn3)CC2)cc1. The van der Waals surface area contributed by atoms with Gasteiger partial charge in [0.25, 0.3) is 0 Å². The number of carbonyl (C=O) groups excluding carboxylic acids is 1. The highest BCUT2D eigenvalue weighted by Gasteiger charge is 2.18. The van der Waals surface area contributed by atoms with Crippen molar-refractivity contribution in [1.29, 1.82) is 0 Å². The highest BCUT2D eigenvalue weighted by molar-refractivity contribution is 5.75. The molecule has 132 valence electrons. The molecule has 1 fully saturated rings. The zero-order valence-corrected chi connectivity index (χ0v) is 14.7. The average Bonchev–Trinajstić information content (AvgIpc) is 2.68. The Morgan fingerprint density at radius 1 is 1.04 bits per heavy atom. The minimum absolute atomic E-state index is 0.0874. The van der Waals surface area contributed by atoms with Crippen LogP contribution in [0, 0.1) is 0 Å². The summed E-state index contributed by atoms with van der Waals surface area (Å²) in [6, 6.07) is 10.3. The molecule has 1 saturated heterocycles. The van der Waals surface area contributed by atoms with Crippen LogP contribution in [0.1, 0.15) is 24.5 Å². The van der Waals surface area contributed by atoms with Crippen molar-refractivity contribution < 1.29 is 4.79 Å². The van der Waals surface area contributed by atoms with Gasteiger partial charge in [-0.3, -0.25) is 9.69 Å². The maximum absolute atomic E-state index is 11.3. The third-order valence-electron chi connectivity index (χ3n) is 4.45. The number of aromatic nitrogens is 2. The monoisotopic (exact) mass is 339 g/mol. The molecule has 2 aromatic rings. The molecule has 3 rings (SSSR count). The molecule has 2 heterocycles. The smallest absolute Gasteiger partial charge is 0.225 e. The van der Waals surface area contributed by atoms with Crippen LogP contribution in [0.3, 0.4) is 0 Å². The molecule has 1 amide bonds. The van der Waals surface area contributed by atoms with Crippen LogP contribution >= 0.6 is 0 Å². The molecule has 1 aromatic carbocycles. The number of hydrogen-bond donors (Lipinski definition) is 1. The normalized spacial score (nSPS) is 15.2. The molecule has 0 unspecified atom stereocenters. The second-order valence-corrected chi connectivity index (χ2v) is 6.26. The number of nitrogens with one attached hydrogen (secondary N) is 1. The number of amides is 1. The molecule has 1 aromatic heterocycles. The van der Waals surface area contributed by atoms with Gasteiger partial charge in [0, 0.05) is 58.1 Å². The molecule has 0 atom stereocenters. The fraction of sp³-hybridized carbons (Fsp3) is 0.421. The van der Waals surface area contributed by atoms with Crippen molar-refractivity contribution in [2.75, 3.05) is 31.1 Å². The lowest BCUT2D eigenvalue weighted by Gasteiger charge is -2.34. The van der Waals surface area contributed by atoms with Gasteiger partial charge in [-0.05, 0) is 17.2 Å². The Hall–Kier alpha value is -2.47. The van der Waals surface area contributed by atoms with Crippen molar-refractivity contribution >= 4 is 11.9 Å². The van der Waals surface area contributed by atoms with E-state index in [9.17, 15) is 4.79 Å². The Morgan fingerprint density at radius 2 is 1.68 bits per heavy atom. The lowest BCUT2D eigenvalue weighted by atomic mass is 10.1. The average molecular weight is 339 g/mol. The number of benzene rings is 1. The van der Waals surface area contributed by atoms with E-state index >= 15 is 0 Å². The van der Waals surface area contributed by atoms with Gasteiger partial charge in [-0.2, -0.15) is 0 Å². The van der Waals surface area contributed by atoms with E-state index in [1.54, 1.807) is 12.4 Å². The lowest BCUT2D eigenvalue weighted by molar-refractivity contribution is -0.120. The highest BCUT2D eigenvalue weighted by Crippen LogP contribution is 2.13. The molecule has 0 bridgehead atoms. The van der Waals surface area contributed by atoms with E-state index in [0.29, 0.717) is 13.0 Å². The van der Waals surface area contributed by atoms with Crippen molar-refractivity contribution in [3.63, 3.8) is 0 Å². The van der Waals surface area contributed by atoms with E-state index in [1.807, 2.05) is 13.0 Å². The third kappa shape index (κ3) is 5.00. The summed E-state index contributed by atoms with van der Waals surface area (Å²) in [4.78, 5) is 24.6. The van der Waals surface area contributed by atoms with Gasteiger partial charge in [0.1, 0.15) is 0 Å². The molecular weight excluding hydrogens is 314 g/mol. The molecular formula is C19H25N5O. The van der Waals surface area contributed by atoms with Crippen molar-refractivity contribution in [2.24, 2.45) is 0 Å². The fourth-order valence-corrected chi connectivity index (χ4v) is 2.91. The van der Waals surface area contributed by atoms with E-state index in [2.05, 4.69) is 49.4 Å². The van der Waals surface area contributed by atoms with Gasteiger partial charge in [-0.1, -0.05) is 31.2 Å².